The Morgan fingerprint density at radius 1 is 1.11 bits per heavy atom. The Kier molecular flexibility index (Phi) is 3.84. The highest BCUT2D eigenvalue weighted by Crippen LogP contribution is 2.36. The molecule has 3 nitrogen and oxygen atoms in total. The summed E-state index contributed by atoms with van der Waals surface area (Å²) in [5.41, 5.74) is 1.47. The number of aldehydes is 1. The van der Waals surface area contributed by atoms with Crippen molar-refractivity contribution in [3.8, 4) is 0 Å². The molecule has 102 valence electrons. The minimum absolute atomic E-state index is 0.338. The first-order valence-electron chi connectivity index (χ1n) is 6.74. The molecule has 0 unspecified atom stereocenters. The van der Waals surface area contributed by atoms with E-state index >= 15 is 0 Å². The molecule has 0 aliphatic carbocycles. The van der Waals surface area contributed by atoms with Crippen LogP contribution in [0.3, 0.4) is 0 Å². The lowest BCUT2D eigenvalue weighted by atomic mass is 9.75. The van der Waals surface area contributed by atoms with Crippen molar-refractivity contribution in [2.75, 3.05) is 0 Å². The van der Waals surface area contributed by atoms with Gasteiger partial charge < -0.3 is 14.1 Å². The van der Waals surface area contributed by atoms with Gasteiger partial charge in [0.25, 0.3) is 0 Å². The summed E-state index contributed by atoms with van der Waals surface area (Å²) in [6.07, 6.45) is 2.20. The molecule has 0 saturated carbocycles. The van der Waals surface area contributed by atoms with E-state index in [4.69, 9.17) is 9.31 Å². The van der Waals surface area contributed by atoms with Crippen LogP contribution in [-0.2, 0) is 20.5 Å². The van der Waals surface area contributed by atoms with Crippen LogP contribution in [0, 0.1) is 0 Å². The van der Waals surface area contributed by atoms with Crippen molar-refractivity contribution < 1.29 is 14.1 Å². The summed E-state index contributed by atoms with van der Waals surface area (Å²) in [7, 11) is -0.354. The fourth-order valence-electron chi connectivity index (χ4n) is 2.18. The number of carbonyl (C=O) groups excluding carboxylic acids is 1. The lowest BCUT2D eigenvalue weighted by Crippen LogP contribution is -2.41. The SMILES string of the molecule is CC1(C)OB(c2ccccc2CCC=O)OC1(C)C. The second-order valence-electron chi connectivity index (χ2n) is 5.99. The van der Waals surface area contributed by atoms with Crippen molar-refractivity contribution in [3.63, 3.8) is 0 Å². The molecule has 1 aliphatic heterocycles. The highest BCUT2D eigenvalue weighted by atomic mass is 16.7. The van der Waals surface area contributed by atoms with Crippen LogP contribution in [0.25, 0.3) is 0 Å². The van der Waals surface area contributed by atoms with Crippen molar-refractivity contribution in [1.29, 1.82) is 0 Å². The molecule has 0 atom stereocenters. The largest absolute Gasteiger partial charge is 0.495 e. The zero-order valence-electron chi connectivity index (χ0n) is 12.1. The summed E-state index contributed by atoms with van der Waals surface area (Å²) in [6.45, 7) is 8.17. The first kappa shape index (κ1) is 14.3. The van der Waals surface area contributed by atoms with Crippen LogP contribution >= 0.6 is 0 Å². The van der Waals surface area contributed by atoms with Crippen LogP contribution in [0.1, 0.15) is 39.7 Å². The van der Waals surface area contributed by atoms with Crippen molar-refractivity contribution in [3.05, 3.63) is 29.8 Å². The molecular formula is C15H21BO3. The summed E-state index contributed by atoms with van der Waals surface area (Å²) in [6, 6.07) is 8.01. The van der Waals surface area contributed by atoms with Crippen molar-refractivity contribution in [2.24, 2.45) is 0 Å². The van der Waals surface area contributed by atoms with Gasteiger partial charge in [-0.2, -0.15) is 0 Å². The summed E-state index contributed by atoms with van der Waals surface area (Å²) < 4.78 is 12.1. The third kappa shape index (κ3) is 2.75. The lowest BCUT2D eigenvalue weighted by molar-refractivity contribution is -0.107. The maximum absolute atomic E-state index is 10.6. The highest BCUT2D eigenvalue weighted by molar-refractivity contribution is 6.62. The summed E-state index contributed by atoms with van der Waals surface area (Å²) in [5, 5.41) is 0. The van der Waals surface area contributed by atoms with Gasteiger partial charge >= 0.3 is 7.12 Å². The van der Waals surface area contributed by atoms with Crippen LogP contribution in [-0.4, -0.2) is 24.6 Å². The van der Waals surface area contributed by atoms with Gasteiger partial charge in [0.05, 0.1) is 11.2 Å². The van der Waals surface area contributed by atoms with Crippen LogP contribution in [0.5, 0.6) is 0 Å². The standard InChI is InChI=1S/C15H21BO3/c1-14(2)15(3,4)19-16(18-14)13-10-6-5-8-12(13)9-7-11-17/h5-6,8,10-11H,7,9H2,1-4H3. The van der Waals surface area contributed by atoms with E-state index in [1.54, 1.807) is 0 Å². The third-order valence-electron chi connectivity index (χ3n) is 4.09. The molecule has 1 aliphatic rings. The molecule has 1 aromatic rings. The van der Waals surface area contributed by atoms with E-state index in [1.807, 2.05) is 52.0 Å². The van der Waals surface area contributed by atoms with Gasteiger partial charge in [0.1, 0.15) is 6.29 Å². The fourth-order valence-corrected chi connectivity index (χ4v) is 2.18. The number of hydrogen-bond donors (Lipinski definition) is 0. The molecule has 0 N–H and O–H groups in total. The van der Waals surface area contributed by atoms with Gasteiger partial charge in [-0.15, -0.1) is 0 Å². The summed E-state index contributed by atoms with van der Waals surface area (Å²) >= 11 is 0. The van der Waals surface area contributed by atoms with Gasteiger partial charge in [-0.05, 0) is 45.1 Å². The van der Waals surface area contributed by atoms with Crippen LogP contribution in [0.4, 0.5) is 0 Å². The molecule has 1 heterocycles. The monoisotopic (exact) mass is 260 g/mol. The first-order chi connectivity index (χ1) is 8.87. The van der Waals surface area contributed by atoms with Gasteiger partial charge in [-0.3, -0.25) is 0 Å². The van der Waals surface area contributed by atoms with Crippen LogP contribution in [0.15, 0.2) is 24.3 Å². The molecule has 19 heavy (non-hydrogen) atoms. The van der Waals surface area contributed by atoms with Gasteiger partial charge in [0, 0.05) is 6.42 Å². The second kappa shape index (κ2) is 5.10. The lowest BCUT2D eigenvalue weighted by Gasteiger charge is -2.32. The average molecular weight is 260 g/mol. The minimum atomic E-state index is -0.354. The minimum Gasteiger partial charge on any atom is -0.399 e. The smallest absolute Gasteiger partial charge is 0.399 e. The van der Waals surface area contributed by atoms with E-state index in [0.717, 1.165) is 23.7 Å². The second-order valence-corrected chi connectivity index (χ2v) is 5.99. The molecule has 4 heteroatoms. The summed E-state index contributed by atoms with van der Waals surface area (Å²) in [5.74, 6) is 0. The topological polar surface area (TPSA) is 35.5 Å². The predicted molar refractivity (Wildman–Crippen MR) is 76.5 cm³/mol. The molecule has 1 aromatic carbocycles. The Labute approximate surface area is 115 Å². The molecule has 0 spiro atoms. The molecule has 0 amide bonds. The molecule has 0 radical (unpaired) electrons. The van der Waals surface area contributed by atoms with E-state index < -0.39 is 0 Å². The van der Waals surface area contributed by atoms with Crippen molar-refractivity contribution >= 4 is 18.9 Å². The molecule has 0 bridgehead atoms. The van der Waals surface area contributed by atoms with E-state index in [-0.39, 0.29) is 18.3 Å². The molecule has 2 rings (SSSR count). The molecule has 1 saturated heterocycles. The van der Waals surface area contributed by atoms with E-state index in [1.165, 1.54) is 0 Å². The van der Waals surface area contributed by atoms with E-state index in [0.29, 0.717) is 6.42 Å². The predicted octanol–water partition coefficient (Wildman–Crippen LogP) is 2.12. The Balaban J connectivity index is 2.26. The van der Waals surface area contributed by atoms with Gasteiger partial charge in [-0.25, -0.2) is 0 Å². The third-order valence-corrected chi connectivity index (χ3v) is 4.09. The maximum atomic E-state index is 10.6. The number of rotatable bonds is 4. The van der Waals surface area contributed by atoms with Crippen molar-refractivity contribution in [2.45, 2.75) is 51.7 Å². The molecule has 1 fully saturated rings. The average Bonchev–Trinajstić information content (AvgIpc) is 2.56. The fraction of sp³-hybridized carbons (Fsp3) is 0.533. The molecule has 0 aromatic heterocycles. The molecular weight excluding hydrogens is 239 g/mol. The first-order valence-corrected chi connectivity index (χ1v) is 6.74. The number of carbonyl (C=O) groups is 1. The van der Waals surface area contributed by atoms with Gasteiger partial charge in [-0.1, -0.05) is 24.3 Å². The Hall–Kier alpha value is -1.13. The Morgan fingerprint density at radius 3 is 2.26 bits per heavy atom. The number of benzene rings is 1. The maximum Gasteiger partial charge on any atom is 0.495 e. The van der Waals surface area contributed by atoms with E-state index in [2.05, 4.69) is 0 Å². The van der Waals surface area contributed by atoms with Crippen molar-refractivity contribution in [1.82, 2.24) is 0 Å². The zero-order chi connectivity index (χ0) is 14.1. The normalized spacial score (nSPS) is 20.5. The van der Waals surface area contributed by atoms with Gasteiger partial charge in [0.15, 0.2) is 0 Å². The zero-order valence-corrected chi connectivity index (χ0v) is 12.1. The quantitative estimate of drug-likeness (QED) is 0.614. The Bertz CT molecular complexity index is 452. The number of hydrogen-bond acceptors (Lipinski definition) is 3. The summed E-state index contributed by atoms with van der Waals surface area (Å²) in [4.78, 5) is 10.6. The number of aryl methyl sites for hydroxylation is 1. The van der Waals surface area contributed by atoms with Crippen LogP contribution < -0.4 is 5.46 Å². The van der Waals surface area contributed by atoms with Crippen LogP contribution in [0.2, 0.25) is 0 Å². The van der Waals surface area contributed by atoms with Gasteiger partial charge in [0.2, 0.25) is 0 Å². The Morgan fingerprint density at radius 2 is 1.68 bits per heavy atom. The van der Waals surface area contributed by atoms with E-state index in [9.17, 15) is 4.79 Å². The highest BCUT2D eigenvalue weighted by Gasteiger charge is 2.52.